The molecule has 2 heteroatoms. The molecule has 0 aromatic heterocycles. The van der Waals surface area contributed by atoms with Crippen LogP contribution >= 0.6 is 11.8 Å². The van der Waals surface area contributed by atoms with E-state index in [2.05, 4.69) is 42.1 Å². The Morgan fingerprint density at radius 2 is 1.85 bits per heavy atom. The maximum Gasteiger partial charge on any atom is 0.162 e. The molecule has 0 N–H and O–H groups in total. The average Bonchev–Trinajstić information content (AvgIpc) is 2.90. The fourth-order valence-corrected chi connectivity index (χ4v) is 5.81. The molecule has 2 heterocycles. The Balaban J connectivity index is 1.52. The van der Waals surface area contributed by atoms with E-state index >= 15 is 0 Å². The van der Waals surface area contributed by atoms with Gasteiger partial charge in [0, 0.05) is 28.4 Å². The van der Waals surface area contributed by atoms with Crippen molar-refractivity contribution in [2.24, 2.45) is 5.92 Å². The molecule has 1 aliphatic carbocycles. The molecule has 20 heavy (non-hydrogen) atoms. The Hall–Kier alpha value is -1.02. The summed E-state index contributed by atoms with van der Waals surface area (Å²) < 4.78 is 0. The molecule has 2 fully saturated rings. The minimum absolute atomic E-state index is 0.298. The zero-order chi connectivity index (χ0) is 13.5. The Bertz CT molecular complexity index is 563. The number of thioether (sulfide) groups is 1. The summed E-state index contributed by atoms with van der Waals surface area (Å²) in [5, 5.41) is 1.50. The van der Waals surface area contributed by atoms with Crippen LogP contribution < -0.4 is 0 Å². The summed E-state index contributed by atoms with van der Waals surface area (Å²) in [5.41, 5.74) is 3.63. The highest BCUT2D eigenvalue weighted by molar-refractivity contribution is 8.00. The van der Waals surface area contributed by atoms with Crippen molar-refractivity contribution < 1.29 is 4.79 Å². The Morgan fingerprint density at radius 3 is 2.60 bits per heavy atom. The molecule has 3 aliphatic rings. The second kappa shape index (κ2) is 5.07. The SMILES string of the molecule is O=C(C1=Cc2ccccc2C1)C1CC2CCCC(C1)S2. The van der Waals surface area contributed by atoms with Crippen molar-refractivity contribution in [2.75, 3.05) is 0 Å². The highest BCUT2D eigenvalue weighted by atomic mass is 32.2. The molecule has 0 radical (unpaired) electrons. The third-order valence-corrected chi connectivity index (χ3v) is 6.61. The van der Waals surface area contributed by atoms with Crippen molar-refractivity contribution in [1.29, 1.82) is 0 Å². The summed E-state index contributed by atoms with van der Waals surface area (Å²) in [6.07, 6.45) is 9.25. The van der Waals surface area contributed by atoms with Crippen LogP contribution in [-0.4, -0.2) is 16.3 Å². The maximum atomic E-state index is 12.8. The van der Waals surface area contributed by atoms with Gasteiger partial charge in [0.05, 0.1) is 0 Å². The van der Waals surface area contributed by atoms with Crippen LogP contribution in [0.1, 0.15) is 43.2 Å². The number of allylic oxidation sites excluding steroid dienone is 1. The number of carbonyl (C=O) groups is 1. The van der Waals surface area contributed by atoms with E-state index in [4.69, 9.17) is 0 Å². The van der Waals surface area contributed by atoms with Crippen LogP contribution in [0.2, 0.25) is 0 Å². The highest BCUT2D eigenvalue weighted by Crippen LogP contribution is 2.45. The monoisotopic (exact) mass is 284 g/mol. The van der Waals surface area contributed by atoms with Crippen molar-refractivity contribution in [2.45, 2.75) is 49.0 Å². The first-order valence-corrected chi connectivity index (χ1v) is 8.72. The molecule has 0 amide bonds. The van der Waals surface area contributed by atoms with E-state index in [0.29, 0.717) is 11.7 Å². The van der Waals surface area contributed by atoms with Gasteiger partial charge >= 0.3 is 0 Å². The number of hydrogen-bond acceptors (Lipinski definition) is 2. The van der Waals surface area contributed by atoms with E-state index in [1.54, 1.807) is 0 Å². The molecule has 0 saturated carbocycles. The molecule has 104 valence electrons. The van der Waals surface area contributed by atoms with Gasteiger partial charge in [-0.05, 0) is 42.9 Å². The number of benzene rings is 1. The average molecular weight is 284 g/mol. The fraction of sp³-hybridized carbons (Fsp3) is 0.500. The number of fused-ring (bicyclic) bond motifs is 3. The van der Waals surface area contributed by atoms with E-state index in [9.17, 15) is 4.79 Å². The van der Waals surface area contributed by atoms with E-state index in [1.807, 2.05) is 0 Å². The summed E-state index contributed by atoms with van der Waals surface area (Å²) in [5.74, 6) is 0.741. The largest absolute Gasteiger partial charge is 0.294 e. The zero-order valence-corrected chi connectivity index (χ0v) is 12.5. The van der Waals surface area contributed by atoms with Crippen LogP contribution in [-0.2, 0) is 11.2 Å². The van der Waals surface area contributed by atoms with Crippen molar-refractivity contribution in [3.05, 3.63) is 41.0 Å². The highest BCUT2D eigenvalue weighted by Gasteiger charge is 2.36. The number of carbonyl (C=O) groups excluding carboxylic acids is 1. The minimum Gasteiger partial charge on any atom is -0.294 e. The van der Waals surface area contributed by atoms with Crippen LogP contribution in [0.15, 0.2) is 29.8 Å². The van der Waals surface area contributed by atoms with Gasteiger partial charge in [0.2, 0.25) is 0 Å². The van der Waals surface area contributed by atoms with Crippen LogP contribution in [0.4, 0.5) is 0 Å². The van der Waals surface area contributed by atoms with Gasteiger partial charge in [0.15, 0.2) is 5.78 Å². The Kier molecular flexibility index (Phi) is 3.22. The normalized spacial score (nSPS) is 31.6. The number of hydrogen-bond donors (Lipinski definition) is 0. The van der Waals surface area contributed by atoms with Crippen molar-refractivity contribution in [3.63, 3.8) is 0 Å². The van der Waals surface area contributed by atoms with Crippen molar-refractivity contribution >= 4 is 23.6 Å². The van der Waals surface area contributed by atoms with Gasteiger partial charge in [-0.1, -0.05) is 30.7 Å². The molecule has 1 aromatic rings. The van der Waals surface area contributed by atoms with Gasteiger partial charge in [-0.15, -0.1) is 0 Å². The standard InChI is InChI=1S/C18H20OS/c19-18(14-8-12-4-1-2-5-13(12)9-14)15-10-16-6-3-7-17(11-15)20-16/h1-2,4-5,8,15-17H,3,6-7,9-11H2. The van der Waals surface area contributed by atoms with Crippen molar-refractivity contribution in [1.82, 2.24) is 0 Å². The second-order valence-electron chi connectivity index (χ2n) is 6.39. The van der Waals surface area contributed by atoms with E-state index < -0.39 is 0 Å². The molecule has 1 nitrogen and oxygen atoms in total. The molecule has 2 bridgehead atoms. The van der Waals surface area contributed by atoms with E-state index in [0.717, 1.165) is 35.3 Å². The smallest absolute Gasteiger partial charge is 0.162 e. The van der Waals surface area contributed by atoms with Gasteiger partial charge in [0.1, 0.15) is 0 Å². The number of rotatable bonds is 2. The van der Waals surface area contributed by atoms with Gasteiger partial charge in [-0.2, -0.15) is 11.8 Å². The van der Waals surface area contributed by atoms with Gasteiger partial charge in [0.25, 0.3) is 0 Å². The molecule has 4 rings (SSSR count). The number of ketones is 1. The quantitative estimate of drug-likeness (QED) is 0.807. The summed E-state index contributed by atoms with van der Waals surface area (Å²) >= 11 is 2.15. The lowest BCUT2D eigenvalue weighted by molar-refractivity contribution is -0.119. The lowest BCUT2D eigenvalue weighted by Crippen LogP contribution is -2.33. The minimum atomic E-state index is 0.298. The third kappa shape index (κ3) is 2.24. The summed E-state index contributed by atoms with van der Waals surface area (Å²) in [6.45, 7) is 0. The molecule has 2 atom stereocenters. The first kappa shape index (κ1) is 12.7. The van der Waals surface area contributed by atoms with Crippen molar-refractivity contribution in [3.8, 4) is 0 Å². The predicted molar refractivity (Wildman–Crippen MR) is 84.9 cm³/mol. The van der Waals surface area contributed by atoms with Crippen LogP contribution in [0.25, 0.3) is 6.08 Å². The first-order valence-electron chi connectivity index (χ1n) is 7.78. The third-order valence-electron chi connectivity index (χ3n) is 4.98. The lowest BCUT2D eigenvalue weighted by Gasteiger charge is -2.38. The van der Waals surface area contributed by atoms with Gasteiger partial charge in [-0.3, -0.25) is 4.79 Å². The van der Waals surface area contributed by atoms with Gasteiger partial charge in [-0.25, -0.2) is 0 Å². The van der Waals surface area contributed by atoms with E-state index in [-0.39, 0.29) is 0 Å². The maximum absolute atomic E-state index is 12.8. The second-order valence-corrected chi connectivity index (χ2v) is 7.99. The predicted octanol–water partition coefficient (Wildman–Crippen LogP) is 4.26. The van der Waals surface area contributed by atoms with Crippen LogP contribution in [0, 0.1) is 5.92 Å². The summed E-state index contributed by atoms with van der Waals surface area (Å²) in [7, 11) is 0. The van der Waals surface area contributed by atoms with Crippen LogP contribution in [0.5, 0.6) is 0 Å². The summed E-state index contributed by atoms with van der Waals surface area (Å²) in [6, 6.07) is 8.41. The molecular weight excluding hydrogens is 264 g/mol. The zero-order valence-electron chi connectivity index (χ0n) is 11.7. The topological polar surface area (TPSA) is 17.1 Å². The molecule has 0 spiro atoms. The number of Topliss-reactive ketones (excluding diaryl/α,β-unsaturated/α-hetero) is 1. The molecule has 2 aliphatic heterocycles. The molecule has 2 unspecified atom stereocenters. The van der Waals surface area contributed by atoms with Gasteiger partial charge < -0.3 is 0 Å². The summed E-state index contributed by atoms with van der Waals surface area (Å²) in [4.78, 5) is 12.8. The van der Waals surface area contributed by atoms with Crippen LogP contribution in [0.3, 0.4) is 0 Å². The molecular formula is C18H20OS. The lowest BCUT2D eigenvalue weighted by atomic mass is 9.84. The first-order chi connectivity index (χ1) is 9.79. The Morgan fingerprint density at radius 1 is 1.10 bits per heavy atom. The molecule has 1 aromatic carbocycles. The van der Waals surface area contributed by atoms with E-state index in [1.165, 1.54) is 30.4 Å². The molecule has 2 saturated heterocycles. The Labute approximate surface area is 124 Å². The fourth-order valence-electron chi connectivity index (χ4n) is 3.97.